The molecule has 0 radical (unpaired) electrons. The molecule has 3 amide bonds. The van der Waals surface area contributed by atoms with Crippen LogP contribution < -0.4 is 22.1 Å². The molecule has 0 spiro atoms. The number of benzene rings is 1. The number of nitrogens with one attached hydrogen (secondary N) is 2. The number of aliphatic carboxylic acids is 1. The monoisotopic (exact) mass is 493 g/mol. The van der Waals surface area contributed by atoms with E-state index in [0.29, 0.717) is 38.8 Å². The van der Waals surface area contributed by atoms with Crippen LogP contribution in [-0.2, 0) is 25.6 Å². The highest BCUT2D eigenvalue weighted by Crippen LogP contribution is 2.20. The van der Waals surface area contributed by atoms with Crippen LogP contribution in [0.25, 0.3) is 0 Å². The minimum atomic E-state index is -1.37. The van der Waals surface area contributed by atoms with Gasteiger partial charge >= 0.3 is 5.97 Å². The lowest BCUT2D eigenvalue weighted by Gasteiger charge is -2.28. The normalized spacial score (nSPS) is 17.9. The zero-order valence-corrected chi connectivity index (χ0v) is 19.6. The predicted molar refractivity (Wildman–Crippen MR) is 126 cm³/mol. The maximum Gasteiger partial charge on any atom is 0.326 e. The number of aliphatic hydroxyl groups is 1. The summed E-state index contributed by atoms with van der Waals surface area (Å²) in [5, 5.41) is 33.1. The van der Waals surface area contributed by atoms with Crippen molar-refractivity contribution in [1.82, 2.24) is 15.5 Å². The number of hydrogen-bond donors (Lipinski definition) is 7. The highest BCUT2D eigenvalue weighted by Gasteiger charge is 2.37. The topological polar surface area (TPSA) is 208 Å². The third-order valence-corrected chi connectivity index (χ3v) is 5.92. The van der Waals surface area contributed by atoms with Crippen molar-refractivity contribution in [2.24, 2.45) is 11.5 Å². The van der Waals surface area contributed by atoms with Gasteiger partial charge in [0, 0.05) is 6.54 Å². The van der Waals surface area contributed by atoms with E-state index in [-0.39, 0.29) is 18.6 Å². The van der Waals surface area contributed by atoms with E-state index in [1.165, 1.54) is 17.0 Å². The minimum Gasteiger partial charge on any atom is -0.508 e. The fraction of sp³-hybridized carbons (Fsp3) is 0.565. The lowest BCUT2D eigenvalue weighted by molar-refractivity contribution is -0.143. The molecule has 1 aliphatic rings. The summed E-state index contributed by atoms with van der Waals surface area (Å²) in [6.45, 7) is -0.0308. The Morgan fingerprint density at radius 2 is 1.77 bits per heavy atom. The Balaban J connectivity index is 1.98. The molecule has 1 aromatic rings. The van der Waals surface area contributed by atoms with Crippen molar-refractivity contribution < 1.29 is 34.5 Å². The van der Waals surface area contributed by atoms with Gasteiger partial charge < -0.3 is 42.3 Å². The summed E-state index contributed by atoms with van der Waals surface area (Å²) in [7, 11) is 0. The van der Waals surface area contributed by atoms with Crippen molar-refractivity contribution in [3.8, 4) is 5.75 Å². The van der Waals surface area contributed by atoms with Crippen molar-refractivity contribution in [2.75, 3.05) is 19.7 Å². The molecule has 194 valence electrons. The first-order valence-corrected chi connectivity index (χ1v) is 11.7. The molecule has 1 aromatic carbocycles. The SMILES string of the molecule is NCCCC[C@H](NC(=O)[C@H](CO)NC(=O)[C@@H]1CCCN1C(=O)[C@@H](N)Cc1ccc(O)cc1)C(=O)O. The summed E-state index contributed by atoms with van der Waals surface area (Å²) in [5.74, 6) is -3.02. The molecule has 12 heteroatoms. The lowest BCUT2D eigenvalue weighted by atomic mass is 10.0. The second-order valence-corrected chi connectivity index (χ2v) is 8.59. The first-order valence-electron chi connectivity index (χ1n) is 11.7. The number of carbonyl (C=O) groups is 4. The first kappa shape index (κ1) is 28.0. The molecule has 1 heterocycles. The molecule has 9 N–H and O–H groups in total. The van der Waals surface area contributed by atoms with E-state index in [0.717, 1.165) is 5.56 Å². The number of carboxylic acid groups (broad SMARTS) is 1. The van der Waals surface area contributed by atoms with E-state index in [1.807, 2.05) is 0 Å². The van der Waals surface area contributed by atoms with Crippen molar-refractivity contribution in [3.63, 3.8) is 0 Å². The largest absolute Gasteiger partial charge is 0.508 e. The zero-order chi connectivity index (χ0) is 26.0. The van der Waals surface area contributed by atoms with Crippen molar-refractivity contribution in [2.45, 2.75) is 62.7 Å². The van der Waals surface area contributed by atoms with Gasteiger partial charge in [0.15, 0.2) is 0 Å². The van der Waals surface area contributed by atoms with Crippen LogP contribution in [-0.4, -0.2) is 87.8 Å². The lowest BCUT2D eigenvalue weighted by Crippen LogP contribution is -2.57. The summed E-state index contributed by atoms with van der Waals surface area (Å²) < 4.78 is 0. The highest BCUT2D eigenvalue weighted by molar-refractivity contribution is 5.94. The molecule has 0 aromatic heterocycles. The van der Waals surface area contributed by atoms with E-state index < -0.39 is 54.5 Å². The Kier molecular flexibility index (Phi) is 10.9. The fourth-order valence-electron chi connectivity index (χ4n) is 3.97. The Morgan fingerprint density at radius 3 is 2.37 bits per heavy atom. The molecule has 0 bridgehead atoms. The average molecular weight is 494 g/mol. The van der Waals surface area contributed by atoms with Crippen molar-refractivity contribution in [1.29, 1.82) is 0 Å². The Labute approximate surface area is 203 Å². The predicted octanol–water partition coefficient (Wildman–Crippen LogP) is -1.57. The molecule has 1 aliphatic heterocycles. The van der Waals surface area contributed by atoms with Crippen LogP contribution in [0.4, 0.5) is 0 Å². The van der Waals surface area contributed by atoms with Gasteiger partial charge in [-0.25, -0.2) is 4.79 Å². The molecule has 4 atom stereocenters. The van der Waals surface area contributed by atoms with Crippen molar-refractivity contribution in [3.05, 3.63) is 29.8 Å². The number of carboxylic acids is 1. The van der Waals surface area contributed by atoms with Gasteiger partial charge in [-0.1, -0.05) is 12.1 Å². The number of phenols is 1. The van der Waals surface area contributed by atoms with Gasteiger partial charge in [-0.15, -0.1) is 0 Å². The van der Waals surface area contributed by atoms with Crippen molar-refractivity contribution >= 4 is 23.7 Å². The minimum absolute atomic E-state index is 0.0950. The molecule has 1 fully saturated rings. The maximum atomic E-state index is 12.9. The number of phenolic OH excluding ortho intramolecular Hbond substituents is 1. The number of carbonyl (C=O) groups excluding carboxylic acids is 3. The highest BCUT2D eigenvalue weighted by atomic mass is 16.4. The van der Waals surface area contributed by atoms with E-state index in [9.17, 15) is 34.5 Å². The Hall–Kier alpha value is -3.22. The van der Waals surface area contributed by atoms with Gasteiger partial charge in [0.25, 0.3) is 0 Å². The average Bonchev–Trinajstić information content (AvgIpc) is 3.32. The van der Waals surface area contributed by atoms with Gasteiger partial charge in [-0.3, -0.25) is 14.4 Å². The molecule has 0 unspecified atom stereocenters. The van der Waals surface area contributed by atoms with Crippen LogP contribution in [0.1, 0.15) is 37.7 Å². The smallest absolute Gasteiger partial charge is 0.326 e. The number of aliphatic hydroxyl groups excluding tert-OH is 1. The zero-order valence-electron chi connectivity index (χ0n) is 19.6. The van der Waals surface area contributed by atoms with Gasteiger partial charge in [0.05, 0.1) is 12.6 Å². The summed E-state index contributed by atoms with van der Waals surface area (Å²) in [4.78, 5) is 51.2. The number of nitrogens with two attached hydrogens (primary N) is 2. The molecular formula is C23H35N5O7. The third kappa shape index (κ3) is 8.19. The molecule has 0 saturated carbocycles. The number of rotatable bonds is 13. The van der Waals surface area contributed by atoms with Crippen LogP contribution in [0.15, 0.2) is 24.3 Å². The van der Waals surface area contributed by atoms with E-state index in [2.05, 4.69) is 10.6 Å². The van der Waals surface area contributed by atoms with Gasteiger partial charge in [-0.2, -0.15) is 0 Å². The van der Waals surface area contributed by atoms with Crippen LogP contribution in [0.5, 0.6) is 5.75 Å². The van der Waals surface area contributed by atoms with E-state index in [4.69, 9.17) is 11.5 Å². The van der Waals surface area contributed by atoms with Crippen LogP contribution >= 0.6 is 0 Å². The molecule has 0 aliphatic carbocycles. The molecule has 2 rings (SSSR count). The number of nitrogens with zero attached hydrogens (tertiary/aromatic N) is 1. The van der Waals surface area contributed by atoms with Gasteiger partial charge in [0.2, 0.25) is 17.7 Å². The van der Waals surface area contributed by atoms with E-state index in [1.54, 1.807) is 12.1 Å². The van der Waals surface area contributed by atoms with Gasteiger partial charge in [-0.05, 0) is 62.8 Å². The molecule has 12 nitrogen and oxygen atoms in total. The van der Waals surface area contributed by atoms with Crippen LogP contribution in [0, 0.1) is 0 Å². The summed E-state index contributed by atoms with van der Waals surface area (Å²) in [5.41, 5.74) is 12.2. The quantitative estimate of drug-likeness (QED) is 0.158. The maximum absolute atomic E-state index is 12.9. The number of aromatic hydroxyl groups is 1. The molecule has 1 saturated heterocycles. The van der Waals surface area contributed by atoms with E-state index >= 15 is 0 Å². The van der Waals surface area contributed by atoms with Crippen LogP contribution in [0.3, 0.4) is 0 Å². The Bertz CT molecular complexity index is 880. The third-order valence-electron chi connectivity index (χ3n) is 5.92. The van der Waals surface area contributed by atoms with Gasteiger partial charge in [0.1, 0.15) is 23.9 Å². The first-order chi connectivity index (χ1) is 16.7. The fourth-order valence-corrected chi connectivity index (χ4v) is 3.97. The standard InChI is InChI=1S/C23H35N5O7/c24-10-2-1-4-17(23(34)35)26-20(31)18(13-29)27-21(32)19-5-3-11-28(19)22(33)16(25)12-14-6-8-15(30)9-7-14/h6-9,16-19,29-30H,1-5,10-13,24-25H2,(H,26,31)(H,27,32)(H,34,35)/t16-,17-,18-,19-/m0/s1. The molecule has 35 heavy (non-hydrogen) atoms. The Morgan fingerprint density at radius 1 is 1.09 bits per heavy atom. The number of likely N-dealkylation sites (tertiary alicyclic amines) is 1. The number of unbranched alkanes of at least 4 members (excludes halogenated alkanes) is 1. The van der Waals surface area contributed by atoms with Crippen LogP contribution in [0.2, 0.25) is 0 Å². The summed E-state index contributed by atoms with van der Waals surface area (Å²) >= 11 is 0. The summed E-state index contributed by atoms with van der Waals surface area (Å²) in [6, 6.07) is 1.97. The second kappa shape index (κ2) is 13.6. The second-order valence-electron chi connectivity index (χ2n) is 8.59. The molecular weight excluding hydrogens is 458 g/mol. The number of amides is 3. The number of hydrogen-bond acceptors (Lipinski definition) is 8. The summed E-state index contributed by atoms with van der Waals surface area (Å²) in [6.07, 6.45) is 2.39.